The molecule has 0 aliphatic rings. The normalized spacial score (nSPS) is 13.1. The quantitative estimate of drug-likeness (QED) is 0.579. The second-order valence-corrected chi connectivity index (χ2v) is 4.00. The molecule has 0 bridgehead atoms. The van der Waals surface area contributed by atoms with Gasteiger partial charge in [0.1, 0.15) is 6.61 Å². The lowest BCUT2D eigenvalue weighted by Gasteiger charge is -2.21. The van der Waals surface area contributed by atoms with Gasteiger partial charge in [0.05, 0.1) is 6.07 Å². The Morgan fingerprint density at radius 1 is 1.37 bits per heavy atom. The van der Waals surface area contributed by atoms with Crippen molar-refractivity contribution in [2.75, 3.05) is 0 Å². The lowest BCUT2D eigenvalue weighted by molar-refractivity contribution is -0.162. The van der Waals surface area contributed by atoms with E-state index >= 15 is 0 Å². The first-order chi connectivity index (χ1) is 9.00. The van der Waals surface area contributed by atoms with Crippen LogP contribution < -0.4 is 5.73 Å². The third-order valence-electron chi connectivity index (χ3n) is 2.59. The molecule has 0 spiro atoms. The smallest absolute Gasteiger partial charge is 0.338 e. The Morgan fingerprint density at radius 2 is 2.00 bits per heavy atom. The average molecular weight is 262 g/mol. The molecule has 3 N–H and O–H groups in total. The number of hydrogen-bond donors (Lipinski definition) is 2. The molecule has 1 rings (SSSR count). The maximum Gasteiger partial charge on any atom is 0.338 e. The van der Waals surface area contributed by atoms with Crippen LogP contribution in [-0.4, -0.2) is 22.6 Å². The van der Waals surface area contributed by atoms with E-state index in [-0.39, 0.29) is 19.4 Å². The van der Waals surface area contributed by atoms with E-state index in [1.54, 1.807) is 30.3 Å². The molecule has 1 aromatic rings. The van der Waals surface area contributed by atoms with Gasteiger partial charge in [-0.25, -0.2) is 9.59 Å². The van der Waals surface area contributed by atoms with E-state index in [9.17, 15) is 9.59 Å². The van der Waals surface area contributed by atoms with Crippen LogP contribution in [0, 0.1) is 11.3 Å². The minimum Gasteiger partial charge on any atom is -0.479 e. The Labute approximate surface area is 110 Å². The molecule has 0 unspecified atom stereocenters. The molecule has 6 heteroatoms. The second kappa shape index (κ2) is 6.52. The molecule has 6 nitrogen and oxygen atoms in total. The number of esters is 1. The van der Waals surface area contributed by atoms with Crippen LogP contribution in [0.4, 0.5) is 0 Å². The molecule has 0 aliphatic carbocycles. The van der Waals surface area contributed by atoms with Crippen LogP contribution >= 0.6 is 0 Å². The molecule has 1 atom stereocenters. The first kappa shape index (κ1) is 14.7. The van der Waals surface area contributed by atoms with E-state index in [4.69, 9.17) is 20.8 Å². The molecule has 0 radical (unpaired) electrons. The fourth-order valence-electron chi connectivity index (χ4n) is 1.40. The van der Waals surface area contributed by atoms with Crippen LogP contribution in [0.15, 0.2) is 30.3 Å². The van der Waals surface area contributed by atoms with Crippen molar-refractivity contribution in [2.45, 2.75) is 25.0 Å². The van der Waals surface area contributed by atoms with Crippen molar-refractivity contribution >= 4 is 11.9 Å². The molecule has 0 fully saturated rings. The van der Waals surface area contributed by atoms with Gasteiger partial charge in [-0.05, 0) is 12.0 Å². The minimum absolute atomic E-state index is 0.0571. The molecule has 0 aromatic heterocycles. The van der Waals surface area contributed by atoms with Gasteiger partial charge in [-0.3, -0.25) is 0 Å². The summed E-state index contributed by atoms with van der Waals surface area (Å²) in [5.74, 6) is -2.54. The van der Waals surface area contributed by atoms with Crippen LogP contribution in [-0.2, 0) is 20.9 Å². The number of carboxylic acids is 1. The standard InChI is InChI=1S/C13H14N2O4/c14-8-4-7-13(15,11(16)17)12(18)19-9-10-5-2-1-3-6-10/h1-3,5-6H,4,7,9,15H2,(H,16,17)/t13-/m0/s1. The van der Waals surface area contributed by atoms with Crippen molar-refractivity contribution < 1.29 is 19.4 Å². The van der Waals surface area contributed by atoms with E-state index in [2.05, 4.69) is 0 Å². The van der Waals surface area contributed by atoms with E-state index in [0.29, 0.717) is 0 Å². The Kier molecular flexibility index (Phi) is 5.03. The monoisotopic (exact) mass is 262 g/mol. The lowest BCUT2D eigenvalue weighted by Crippen LogP contribution is -2.55. The molecule has 100 valence electrons. The maximum atomic E-state index is 11.7. The van der Waals surface area contributed by atoms with Gasteiger partial charge in [-0.2, -0.15) is 5.26 Å². The molecule has 0 heterocycles. The van der Waals surface area contributed by atoms with Crippen molar-refractivity contribution in [3.05, 3.63) is 35.9 Å². The zero-order valence-corrected chi connectivity index (χ0v) is 10.2. The summed E-state index contributed by atoms with van der Waals surface area (Å²) in [7, 11) is 0. The van der Waals surface area contributed by atoms with Crippen LogP contribution in [0.25, 0.3) is 0 Å². The van der Waals surface area contributed by atoms with Gasteiger partial charge in [0, 0.05) is 6.42 Å². The van der Waals surface area contributed by atoms with Crippen LogP contribution in [0.3, 0.4) is 0 Å². The van der Waals surface area contributed by atoms with Gasteiger partial charge in [-0.15, -0.1) is 0 Å². The van der Waals surface area contributed by atoms with Gasteiger partial charge < -0.3 is 15.6 Å². The van der Waals surface area contributed by atoms with Crippen LogP contribution in [0.1, 0.15) is 18.4 Å². The summed E-state index contributed by atoms with van der Waals surface area (Å²) >= 11 is 0. The largest absolute Gasteiger partial charge is 0.479 e. The molecule has 1 aromatic carbocycles. The highest BCUT2D eigenvalue weighted by Gasteiger charge is 2.43. The molecule has 0 saturated carbocycles. The zero-order chi connectivity index (χ0) is 14.3. The van der Waals surface area contributed by atoms with E-state index in [0.717, 1.165) is 5.56 Å². The van der Waals surface area contributed by atoms with Crippen molar-refractivity contribution in [2.24, 2.45) is 5.73 Å². The number of nitrogens with two attached hydrogens (primary N) is 1. The summed E-state index contributed by atoms with van der Waals surface area (Å²) in [4.78, 5) is 22.8. The maximum absolute atomic E-state index is 11.7. The number of aliphatic carboxylic acids is 1. The molecule has 0 aliphatic heterocycles. The van der Waals surface area contributed by atoms with Crippen LogP contribution in [0.5, 0.6) is 0 Å². The minimum atomic E-state index is -2.18. The summed E-state index contributed by atoms with van der Waals surface area (Å²) in [6.07, 6.45) is -0.421. The lowest BCUT2D eigenvalue weighted by atomic mass is 9.95. The first-order valence-corrected chi connectivity index (χ1v) is 5.61. The number of ether oxygens (including phenoxy) is 1. The topological polar surface area (TPSA) is 113 Å². The van der Waals surface area contributed by atoms with Crippen molar-refractivity contribution in [3.8, 4) is 6.07 Å². The number of benzene rings is 1. The number of rotatable bonds is 6. The molecular formula is C13H14N2O4. The highest BCUT2D eigenvalue weighted by molar-refractivity contribution is 6.03. The fraction of sp³-hybridized carbons (Fsp3) is 0.308. The summed E-state index contributed by atoms with van der Waals surface area (Å²) in [6.45, 7) is -0.0571. The number of nitrogens with zero attached hydrogens (tertiary/aromatic N) is 1. The highest BCUT2D eigenvalue weighted by Crippen LogP contribution is 2.14. The first-order valence-electron chi connectivity index (χ1n) is 5.61. The SMILES string of the molecule is N#CCC[C@](N)(C(=O)O)C(=O)OCc1ccccc1. The Morgan fingerprint density at radius 3 is 2.53 bits per heavy atom. The fourth-order valence-corrected chi connectivity index (χ4v) is 1.40. The average Bonchev–Trinajstić information content (AvgIpc) is 2.42. The number of carbonyl (C=O) groups excluding carboxylic acids is 1. The van der Waals surface area contributed by atoms with Gasteiger partial charge in [0.2, 0.25) is 5.54 Å². The van der Waals surface area contributed by atoms with Gasteiger partial charge >= 0.3 is 11.9 Å². The summed E-state index contributed by atoms with van der Waals surface area (Å²) in [5, 5.41) is 17.4. The van der Waals surface area contributed by atoms with E-state index < -0.39 is 17.5 Å². The zero-order valence-electron chi connectivity index (χ0n) is 10.2. The third-order valence-corrected chi connectivity index (χ3v) is 2.59. The summed E-state index contributed by atoms with van der Waals surface area (Å²) in [6, 6.07) is 10.6. The van der Waals surface area contributed by atoms with Crippen molar-refractivity contribution in [1.29, 1.82) is 5.26 Å². The van der Waals surface area contributed by atoms with Gasteiger partial charge in [-0.1, -0.05) is 30.3 Å². The molecule has 0 amide bonds. The summed E-state index contributed by atoms with van der Waals surface area (Å²) < 4.78 is 4.90. The Hall–Kier alpha value is -2.39. The predicted octanol–water partition coefficient (Wildman–Crippen LogP) is 0.816. The van der Waals surface area contributed by atoms with Crippen LogP contribution in [0.2, 0.25) is 0 Å². The predicted molar refractivity (Wildman–Crippen MR) is 65.6 cm³/mol. The highest BCUT2D eigenvalue weighted by atomic mass is 16.5. The Bertz CT molecular complexity index is 495. The van der Waals surface area contributed by atoms with Gasteiger partial charge in [0.25, 0.3) is 0 Å². The number of hydrogen-bond acceptors (Lipinski definition) is 5. The number of carboxylic acid groups (broad SMARTS) is 1. The number of carbonyl (C=O) groups is 2. The van der Waals surface area contributed by atoms with E-state index in [1.165, 1.54) is 0 Å². The molecular weight excluding hydrogens is 248 g/mol. The second-order valence-electron chi connectivity index (χ2n) is 4.00. The van der Waals surface area contributed by atoms with E-state index in [1.807, 2.05) is 6.07 Å². The van der Waals surface area contributed by atoms with Crippen molar-refractivity contribution in [1.82, 2.24) is 0 Å². The Balaban J connectivity index is 2.68. The summed E-state index contributed by atoms with van der Waals surface area (Å²) in [5.41, 5.74) is 4.06. The van der Waals surface area contributed by atoms with Crippen molar-refractivity contribution in [3.63, 3.8) is 0 Å². The third kappa shape index (κ3) is 3.79. The molecule has 19 heavy (non-hydrogen) atoms. The van der Waals surface area contributed by atoms with Gasteiger partial charge in [0.15, 0.2) is 0 Å². The number of nitriles is 1. The molecule has 0 saturated heterocycles.